The molecule has 0 atom stereocenters. The van der Waals surface area contributed by atoms with E-state index in [1.54, 1.807) is 0 Å². The lowest BCUT2D eigenvalue weighted by atomic mass is 10.1. The quantitative estimate of drug-likeness (QED) is 0.779. The summed E-state index contributed by atoms with van der Waals surface area (Å²) in [6, 6.07) is 3.44. The predicted octanol–water partition coefficient (Wildman–Crippen LogP) is 3.20. The molecule has 82 valence electrons. The summed E-state index contributed by atoms with van der Waals surface area (Å²) < 4.78 is 41.3. The van der Waals surface area contributed by atoms with Crippen molar-refractivity contribution < 1.29 is 22.7 Å². The minimum absolute atomic E-state index is 0.306. The molecule has 0 aliphatic rings. The summed E-state index contributed by atoms with van der Waals surface area (Å²) >= 11 is 3.00. The Morgan fingerprint density at radius 1 is 1.40 bits per heavy atom. The van der Waals surface area contributed by atoms with Crippen molar-refractivity contribution in [3.8, 4) is 5.75 Å². The average molecular weight is 283 g/mol. The Morgan fingerprint density at radius 2 is 2.00 bits per heavy atom. The first-order valence-electron chi connectivity index (χ1n) is 3.81. The van der Waals surface area contributed by atoms with Crippen LogP contribution in [0.25, 0.3) is 0 Å². The molecule has 0 aliphatic carbocycles. The van der Waals surface area contributed by atoms with Crippen molar-refractivity contribution in [1.29, 1.82) is 0 Å². The first-order chi connectivity index (χ1) is 6.86. The van der Waals surface area contributed by atoms with E-state index in [2.05, 4.69) is 15.9 Å². The normalized spacial score (nSPS) is 11.3. The van der Waals surface area contributed by atoms with Crippen LogP contribution in [0.3, 0.4) is 0 Å². The van der Waals surface area contributed by atoms with Crippen LogP contribution in [0.15, 0.2) is 22.7 Å². The molecular weight excluding hydrogens is 277 g/mol. The second-order valence-electron chi connectivity index (χ2n) is 2.68. The van der Waals surface area contributed by atoms with Gasteiger partial charge >= 0.3 is 6.18 Å². The van der Waals surface area contributed by atoms with E-state index >= 15 is 0 Å². The maximum absolute atomic E-state index is 12.1. The molecule has 1 aromatic carbocycles. The molecule has 0 N–H and O–H groups in total. The van der Waals surface area contributed by atoms with Gasteiger partial charge in [-0.05, 0) is 34.1 Å². The number of carbonyl (C=O) groups is 1. The number of benzene rings is 1. The van der Waals surface area contributed by atoms with Gasteiger partial charge in [-0.1, -0.05) is 0 Å². The minimum atomic E-state index is -4.85. The van der Waals surface area contributed by atoms with Crippen LogP contribution in [0.2, 0.25) is 0 Å². The fraction of sp³-hybridized carbons (Fsp3) is 0.222. The highest BCUT2D eigenvalue weighted by Crippen LogP contribution is 2.28. The number of methoxy groups -OCH3 is 1. The molecule has 15 heavy (non-hydrogen) atoms. The first kappa shape index (κ1) is 12.0. The van der Waals surface area contributed by atoms with Crippen LogP contribution in [0.5, 0.6) is 5.75 Å². The molecule has 0 spiro atoms. The Kier molecular flexibility index (Phi) is 3.38. The number of rotatable bonds is 2. The highest BCUT2D eigenvalue weighted by Gasteiger charge is 2.39. The van der Waals surface area contributed by atoms with Gasteiger partial charge in [0, 0.05) is 5.56 Å². The number of ether oxygens (including phenoxy) is 1. The molecule has 0 saturated heterocycles. The van der Waals surface area contributed by atoms with Gasteiger partial charge in [0.25, 0.3) is 5.78 Å². The number of hydrogen-bond acceptors (Lipinski definition) is 2. The van der Waals surface area contributed by atoms with E-state index < -0.39 is 17.5 Å². The number of halogens is 4. The maximum Gasteiger partial charge on any atom is 0.454 e. The Morgan fingerprint density at radius 3 is 2.40 bits per heavy atom. The Balaban J connectivity index is 3.08. The molecule has 6 heteroatoms. The largest absolute Gasteiger partial charge is 0.496 e. The van der Waals surface area contributed by atoms with Crippen LogP contribution in [-0.4, -0.2) is 19.1 Å². The van der Waals surface area contributed by atoms with E-state index in [4.69, 9.17) is 4.74 Å². The zero-order valence-corrected chi connectivity index (χ0v) is 9.15. The number of alkyl halides is 3. The second kappa shape index (κ2) is 4.22. The molecule has 0 heterocycles. The van der Waals surface area contributed by atoms with Crippen molar-refractivity contribution in [3.63, 3.8) is 0 Å². The third-order valence-electron chi connectivity index (χ3n) is 1.67. The van der Waals surface area contributed by atoms with E-state index in [0.717, 1.165) is 12.1 Å². The van der Waals surface area contributed by atoms with E-state index in [-0.39, 0.29) is 0 Å². The number of carbonyl (C=O) groups excluding carboxylic acids is 1. The molecule has 2 nitrogen and oxygen atoms in total. The van der Waals surface area contributed by atoms with Gasteiger partial charge in [-0.15, -0.1) is 0 Å². The zero-order valence-electron chi connectivity index (χ0n) is 7.56. The third kappa shape index (κ3) is 2.71. The van der Waals surface area contributed by atoms with Gasteiger partial charge in [-0.25, -0.2) is 0 Å². The molecule has 0 unspecified atom stereocenters. The van der Waals surface area contributed by atoms with Crippen LogP contribution in [0.4, 0.5) is 13.2 Å². The minimum Gasteiger partial charge on any atom is -0.496 e. The standard InChI is InChI=1S/C9H6BrF3O2/c1-15-7-3-2-5(4-6(7)10)8(14)9(11,12)13/h2-4H,1H3. The van der Waals surface area contributed by atoms with Crippen LogP contribution < -0.4 is 4.74 Å². The van der Waals surface area contributed by atoms with E-state index in [0.29, 0.717) is 10.2 Å². The van der Waals surface area contributed by atoms with Gasteiger partial charge in [0.2, 0.25) is 0 Å². The smallest absolute Gasteiger partial charge is 0.454 e. The van der Waals surface area contributed by atoms with Gasteiger partial charge in [-0.2, -0.15) is 13.2 Å². The molecule has 0 aliphatic heterocycles. The van der Waals surface area contributed by atoms with E-state index in [1.807, 2.05) is 0 Å². The highest BCUT2D eigenvalue weighted by atomic mass is 79.9. The Labute approximate surface area is 92.2 Å². The third-order valence-corrected chi connectivity index (χ3v) is 2.29. The molecule has 1 rings (SSSR count). The van der Waals surface area contributed by atoms with Gasteiger partial charge in [0.05, 0.1) is 11.6 Å². The lowest BCUT2D eigenvalue weighted by molar-refractivity contribution is -0.0885. The topological polar surface area (TPSA) is 26.3 Å². The van der Waals surface area contributed by atoms with E-state index in [1.165, 1.54) is 13.2 Å². The summed E-state index contributed by atoms with van der Waals surface area (Å²) in [4.78, 5) is 10.8. The van der Waals surface area contributed by atoms with Crippen molar-refractivity contribution in [2.75, 3.05) is 7.11 Å². The first-order valence-corrected chi connectivity index (χ1v) is 4.60. The van der Waals surface area contributed by atoms with Crippen LogP contribution >= 0.6 is 15.9 Å². The fourth-order valence-electron chi connectivity index (χ4n) is 0.971. The highest BCUT2D eigenvalue weighted by molar-refractivity contribution is 9.10. The van der Waals surface area contributed by atoms with Gasteiger partial charge < -0.3 is 4.74 Å². The van der Waals surface area contributed by atoms with Crippen LogP contribution in [0, 0.1) is 0 Å². The Hall–Kier alpha value is -1.04. The Bertz CT molecular complexity index is 387. The monoisotopic (exact) mass is 282 g/mol. The summed E-state index contributed by atoms with van der Waals surface area (Å²) in [5.74, 6) is -1.50. The van der Waals surface area contributed by atoms with Crippen molar-refractivity contribution >= 4 is 21.7 Å². The summed E-state index contributed by atoms with van der Waals surface area (Å²) in [7, 11) is 1.38. The lowest BCUT2D eigenvalue weighted by Gasteiger charge is -2.07. The number of ketones is 1. The van der Waals surface area contributed by atoms with Gasteiger partial charge in [0.15, 0.2) is 0 Å². The zero-order chi connectivity index (χ0) is 11.6. The fourth-order valence-corrected chi connectivity index (χ4v) is 1.51. The van der Waals surface area contributed by atoms with E-state index in [9.17, 15) is 18.0 Å². The molecule has 0 aromatic heterocycles. The predicted molar refractivity (Wildman–Crippen MR) is 51.1 cm³/mol. The van der Waals surface area contributed by atoms with Crippen molar-refractivity contribution in [2.45, 2.75) is 6.18 Å². The maximum atomic E-state index is 12.1. The van der Waals surface area contributed by atoms with Crippen molar-refractivity contribution in [1.82, 2.24) is 0 Å². The molecule has 1 aromatic rings. The van der Waals surface area contributed by atoms with Crippen molar-refractivity contribution in [3.05, 3.63) is 28.2 Å². The SMILES string of the molecule is COc1ccc(C(=O)C(F)(F)F)cc1Br. The molecular formula is C9H6BrF3O2. The lowest BCUT2D eigenvalue weighted by Crippen LogP contribution is -2.22. The number of Topliss-reactive ketones (excluding diaryl/α,β-unsaturated/α-hetero) is 1. The molecule has 0 radical (unpaired) electrons. The molecule has 0 amide bonds. The average Bonchev–Trinajstić information content (AvgIpc) is 2.15. The molecule has 0 saturated carbocycles. The number of hydrogen-bond donors (Lipinski definition) is 0. The van der Waals surface area contributed by atoms with Gasteiger partial charge in [-0.3, -0.25) is 4.79 Å². The van der Waals surface area contributed by atoms with Crippen LogP contribution in [0.1, 0.15) is 10.4 Å². The van der Waals surface area contributed by atoms with Crippen LogP contribution in [-0.2, 0) is 0 Å². The summed E-state index contributed by atoms with van der Waals surface area (Å²) in [5.41, 5.74) is -0.421. The second-order valence-corrected chi connectivity index (χ2v) is 3.53. The molecule has 0 bridgehead atoms. The summed E-state index contributed by atoms with van der Waals surface area (Å²) in [6.07, 6.45) is -4.85. The summed E-state index contributed by atoms with van der Waals surface area (Å²) in [6.45, 7) is 0. The molecule has 0 fully saturated rings. The van der Waals surface area contributed by atoms with Crippen molar-refractivity contribution in [2.24, 2.45) is 0 Å². The summed E-state index contributed by atoms with van der Waals surface area (Å²) in [5, 5.41) is 0. The van der Waals surface area contributed by atoms with Gasteiger partial charge in [0.1, 0.15) is 5.75 Å².